The van der Waals surface area contributed by atoms with E-state index in [-0.39, 0.29) is 24.4 Å². The van der Waals surface area contributed by atoms with E-state index in [1.165, 1.54) is 6.08 Å². The summed E-state index contributed by atoms with van der Waals surface area (Å²) in [6, 6.07) is 0. The van der Waals surface area contributed by atoms with Crippen molar-refractivity contribution < 1.29 is 28.6 Å². The monoisotopic (exact) mass is 416 g/mol. The number of furan rings is 1. The van der Waals surface area contributed by atoms with Crippen LogP contribution in [0.4, 0.5) is 0 Å². The van der Waals surface area contributed by atoms with E-state index in [9.17, 15) is 14.7 Å². The molecule has 6 heteroatoms. The van der Waals surface area contributed by atoms with Crippen molar-refractivity contribution in [2.75, 3.05) is 0 Å². The van der Waals surface area contributed by atoms with E-state index in [1.807, 2.05) is 6.92 Å². The summed E-state index contributed by atoms with van der Waals surface area (Å²) in [5, 5.41) is 9.68. The van der Waals surface area contributed by atoms with Gasteiger partial charge in [0.05, 0.1) is 18.8 Å². The zero-order valence-electron chi connectivity index (χ0n) is 18.3. The fraction of sp³-hybridized carbons (Fsp3) is 0.583. The number of aliphatic hydroxyl groups is 1. The van der Waals surface area contributed by atoms with Gasteiger partial charge >= 0.3 is 11.9 Å². The Hall–Kier alpha value is -2.34. The number of carbonyl (C=O) groups excluding carboxylic acids is 2. The van der Waals surface area contributed by atoms with Gasteiger partial charge in [0.25, 0.3) is 0 Å². The summed E-state index contributed by atoms with van der Waals surface area (Å²) in [5.74, 6) is 0.140. The zero-order chi connectivity index (χ0) is 22.2. The second kappa shape index (κ2) is 8.42. The molecule has 0 saturated heterocycles. The second-order valence-electron chi connectivity index (χ2n) is 8.99. The third-order valence-electron chi connectivity index (χ3n) is 7.08. The number of aliphatic hydroxyl groups excluding tert-OH is 1. The van der Waals surface area contributed by atoms with Gasteiger partial charge in [0.15, 0.2) is 0 Å². The fourth-order valence-electron chi connectivity index (χ4n) is 5.05. The molecule has 0 bridgehead atoms. The van der Waals surface area contributed by atoms with Gasteiger partial charge in [-0.15, -0.1) is 6.58 Å². The smallest absolute Gasteiger partial charge is 0.333 e. The van der Waals surface area contributed by atoms with Gasteiger partial charge in [-0.05, 0) is 38.2 Å². The average molecular weight is 417 g/mol. The van der Waals surface area contributed by atoms with Crippen molar-refractivity contribution in [1.82, 2.24) is 0 Å². The van der Waals surface area contributed by atoms with Gasteiger partial charge in [-0.2, -0.15) is 0 Å². The molecule has 1 aromatic heterocycles. The summed E-state index contributed by atoms with van der Waals surface area (Å²) in [7, 11) is 0. The minimum absolute atomic E-state index is 0.0635. The molecule has 6 unspecified atom stereocenters. The molecule has 1 aromatic rings. The summed E-state index contributed by atoms with van der Waals surface area (Å²) in [4.78, 5) is 24.8. The van der Waals surface area contributed by atoms with Crippen molar-refractivity contribution in [3.05, 3.63) is 48.0 Å². The fourth-order valence-corrected chi connectivity index (χ4v) is 5.05. The SMILES string of the molecule is C=CC(O)CC(=O)OC1CCC2Cc3occ(C)c3C(OC(=O)C(=C)C)C2(C)C1C. The van der Waals surface area contributed by atoms with Crippen LogP contribution in [0.2, 0.25) is 0 Å². The van der Waals surface area contributed by atoms with Crippen molar-refractivity contribution in [1.29, 1.82) is 0 Å². The van der Waals surface area contributed by atoms with Crippen molar-refractivity contribution in [3.63, 3.8) is 0 Å². The first-order valence-electron chi connectivity index (χ1n) is 10.5. The number of rotatable bonds is 6. The van der Waals surface area contributed by atoms with Crippen LogP contribution in [0.1, 0.15) is 63.0 Å². The topological polar surface area (TPSA) is 86.0 Å². The van der Waals surface area contributed by atoms with Gasteiger partial charge in [-0.25, -0.2) is 4.79 Å². The standard InChI is InChI=1S/C24H32O6/c1-7-17(25)11-20(26)29-18-9-8-16-10-19-21(14(4)12-28-19)22(24(16,6)15(18)5)30-23(27)13(2)3/h7,12,15-18,22,25H,1-2,8-11H2,3-6H3. The summed E-state index contributed by atoms with van der Waals surface area (Å²) in [6.07, 6.45) is 3.46. The third kappa shape index (κ3) is 3.85. The van der Waals surface area contributed by atoms with Crippen molar-refractivity contribution in [2.45, 2.75) is 71.7 Å². The van der Waals surface area contributed by atoms with Gasteiger partial charge in [0, 0.05) is 28.9 Å². The normalized spacial score (nSPS) is 31.1. The number of hydrogen-bond acceptors (Lipinski definition) is 6. The van der Waals surface area contributed by atoms with E-state index in [2.05, 4.69) is 27.0 Å². The molecule has 0 spiro atoms. The van der Waals surface area contributed by atoms with Crippen LogP contribution in [0.25, 0.3) is 0 Å². The summed E-state index contributed by atoms with van der Waals surface area (Å²) in [5.41, 5.74) is 1.77. The predicted molar refractivity (Wildman–Crippen MR) is 111 cm³/mol. The Kier molecular flexibility index (Phi) is 6.27. The molecule has 30 heavy (non-hydrogen) atoms. The molecular weight excluding hydrogens is 384 g/mol. The molecule has 0 aliphatic heterocycles. The predicted octanol–water partition coefficient (Wildman–Crippen LogP) is 4.21. The first-order chi connectivity index (χ1) is 14.1. The zero-order valence-corrected chi connectivity index (χ0v) is 18.3. The van der Waals surface area contributed by atoms with Crippen LogP contribution < -0.4 is 0 Å². The molecule has 3 rings (SSSR count). The first kappa shape index (κ1) is 22.3. The van der Waals surface area contributed by atoms with Crippen LogP contribution in [0, 0.1) is 24.2 Å². The molecule has 6 atom stereocenters. The Bertz CT molecular complexity index is 852. The first-order valence-corrected chi connectivity index (χ1v) is 10.5. The number of esters is 2. The van der Waals surface area contributed by atoms with E-state index in [4.69, 9.17) is 13.9 Å². The molecule has 1 fully saturated rings. The lowest BCUT2D eigenvalue weighted by molar-refractivity contribution is -0.186. The van der Waals surface area contributed by atoms with Gasteiger partial charge in [0.1, 0.15) is 18.0 Å². The van der Waals surface area contributed by atoms with Crippen LogP contribution in [-0.4, -0.2) is 29.3 Å². The van der Waals surface area contributed by atoms with Crippen LogP contribution in [0.15, 0.2) is 35.5 Å². The highest BCUT2D eigenvalue weighted by molar-refractivity contribution is 5.87. The van der Waals surface area contributed by atoms with Crippen LogP contribution in [-0.2, 0) is 25.5 Å². The maximum atomic E-state index is 12.5. The molecular formula is C24H32O6. The Morgan fingerprint density at radius 1 is 1.40 bits per heavy atom. The second-order valence-corrected chi connectivity index (χ2v) is 8.99. The minimum Gasteiger partial charge on any atom is -0.469 e. The maximum absolute atomic E-state index is 12.5. The maximum Gasteiger partial charge on any atom is 0.333 e. The summed E-state index contributed by atoms with van der Waals surface area (Å²) < 4.78 is 17.6. The van der Waals surface area contributed by atoms with E-state index >= 15 is 0 Å². The van der Waals surface area contributed by atoms with Crippen molar-refractivity contribution >= 4 is 11.9 Å². The Morgan fingerprint density at radius 2 is 2.10 bits per heavy atom. The Balaban J connectivity index is 1.93. The van der Waals surface area contributed by atoms with Crippen molar-refractivity contribution in [2.24, 2.45) is 17.3 Å². The highest BCUT2D eigenvalue weighted by Crippen LogP contribution is 2.60. The molecule has 2 aliphatic carbocycles. The Morgan fingerprint density at radius 3 is 2.73 bits per heavy atom. The average Bonchev–Trinajstić information content (AvgIpc) is 3.05. The molecule has 1 N–H and O–H groups in total. The van der Waals surface area contributed by atoms with Crippen molar-refractivity contribution in [3.8, 4) is 0 Å². The lowest BCUT2D eigenvalue weighted by atomic mass is 9.53. The molecule has 6 nitrogen and oxygen atoms in total. The van der Waals surface area contributed by atoms with Crippen LogP contribution in [0.3, 0.4) is 0 Å². The minimum atomic E-state index is -0.921. The number of hydrogen-bond donors (Lipinski definition) is 1. The van der Waals surface area contributed by atoms with Crippen LogP contribution in [0.5, 0.6) is 0 Å². The number of aryl methyl sites for hydroxylation is 1. The molecule has 0 aromatic carbocycles. The molecule has 0 amide bonds. The van der Waals surface area contributed by atoms with Gasteiger partial charge < -0.3 is 19.0 Å². The molecule has 1 saturated carbocycles. The van der Waals surface area contributed by atoms with E-state index in [0.717, 1.165) is 29.7 Å². The lowest BCUT2D eigenvalue weighted by Gasteiger charge is -2.54. The molecule has 2 aliphatic rings. The largest absolute Gasteiger partial charge is 0.469 e. The van der Waals surface area contributed by atoms with E-state index < -0.39 is 29.6 Å². The van der Waals surface area contributed by atoms with E-state index in [0.29, 0.717) is 12.0 Å². The number of ether oxygens (including phenoxy) is 2. The van der Waals surface area contributed by atoms with Crippen LogP contribution >= 0.6 is 0 Å². The Labute approximate surface area is 177 Å². The molecule has 1 heterocycles. The highest BCUT2D eigenvalue weighted by Gasteiger charge is 2.57. The number of carbonyl (C=O) groups is 2. The van der Waals surface area contributed by atoms with Gasteiger partial charge in [-0.1, -0.05) is 26.5 Å². The highest BCUT2D eigenvalue weighted by atomic mass is 16.6. The van der Waals surface area contributed by atoms with Gasteiger partial charge in [-0.3, -0.25) is 4.79 Å². The van der Waals surface area contributed by atoms with Gasteiger partial charge in [0.2, 0.25) is 0 Å². The summed E-state index contributed by atoms with van der Waals surface area (Å²) in [6.45, 7) is 15.0. The molecule has 0 radical (unpaired) electrons. The third-order valence-corrected chi connectivity index (χ3v) is 7.08. The molecule has 164 valence electrons. The van der Waals surface area contributed by atoms with E-state index in [1.54, 1.807) is 13.2 Å². The quantitative estimate of drug-likeness (QED) is 0.425. The lowest BCUT2D eigenvalue weighted by Crippen LogP contribution is -2.53. The number of fused-ring (bicyclic) bond motifs is 2. The summed E-state index contributed by atoms with van der Waals surface area (Å²) >= 11 is 0.